The van der Waals surface area contributed by atoms with Gasteiger partial charge in [0.15, 0.2) is 0 Å². The summed E-state index contributed by atoms with van der Waals surface area (Å²) in [4.78, 5) is 46.3. The van der Waals surface area contributed by atoms with E-state index in [0.717, 1.165) is 11.8 Å². The fourth-order valence-corrected chi connectivity index (χ4v) is 3.78. The lowest BCUT2D eigenvalue weighted by molar-refractivity contribution is -0.143. The van der Waals surface area contributed by atoms with Crippen molar-refractivity contribution in [3.8, 4) is 5.75 Å². The Labute approximate surface area is 197 Å². The van der Waals surface area contributed by atoms with Gasteiger partial charge in [0.05, 0.1) is 25.7 Å². The van der Waals surface area contributed by atoms with Crippen LogP contribution in [0.1, 0.15) is 48.4 Å². The lowest BCUT2D eigenvalue weighted by Gasteiger charge is -2.13. The number of para-hydroxylation sites is 1. The van der Waals surface area contributed by atoms with Crippen molar-refractivity contribution in [1.82, 2.24) is 15.3 Å². The number of hydrogen-bond donors (Lipinski definition) is 2. The molecule has 0 aliphatic carbocycles. The zero-order valence-electron chi connectivity index (χ0n) is 19.1. The largest absolute Gasteiger partial charge is 0.496 e. The molecule has 0 fully saturated rings. The highest BCUT2D eigenvalue weighted by molar-refractivity contribution is 8.17. The summed E-state index contributed by atoms with van der Waals surface area (Å²) in [5.41, 5.74) is 7.15. The van der Waals surface area contributed by atoms with E-state index in [2.05, 4.69) is 15.3 Å². The van der Waals surface area contributed by atoms with Crippen LogP contribution in [0.2, 0.25) is 0 Å². The number of nitrogens with two attached hydrogens (primary N) is 1. The molecule has 3 N–H and O–H groups in total. The molecule has 2 aromatic rings. The molecule has 0 aliphatic rings. The Morgan fingerprint density at radius 1 is 1.18 bits per heavy atom. The summed E-state index contributed by atoms with van der Waals surface area (Å²) in [6, 6.07) is 6.82. The van der Waals surface area contributed by atoms with Gasteiger partial charge in [-0.1, -0.05) is 23.9 Å². The number of nitrogens with zero attached hydrogens (tertiary/aromatic N) is 2. The molecule has 1 amide bonds. The third kappa shape index (κ3) is 7.60. The quantitative estimate of drug-likeness (QED) is 0.395. The standard InChI is InChI=1S/C23H28N4O5S/c1-5-32-20(28)11-10-19(33-23(30)17-8-6-7-9-18(17)31-4)14(2)22(29)26-13-16-12-25-15(3)27-21(16)24/h6-9,12H,5,10-11,13H2,1-4H3,(H,26,29)(H2,24,25,27)/b19-14-. The number of allylic oxidation sites excluding steroid dienone is 1. The Hall–Kier alpha value is -3.40. The van der Waals surface area contributed by atoms with Gasteiger partial charge in [0.2, 0.25) is 11.0 Å². The van der Waals surface area contributed by atoms with Gasteiger partial charge in [0.25, 0.3) is 0 Å². The summed E-state index contributed by atoms with van der Waals surface area (Å²) in [5, 5.41) is 2.47. The minimum atomic E-state index is -0.405. The molecule has 176 valence electrons. The van der Waals surface area contributed by atoms with Crippen LogP contribution in [0.4, 0.5) is 5.82 Å². The van der Waals surface area contributed by atoms with Crippen LogP contribution in [0.25, 0.3) is 0 Å². The van der Waals surface area contributed by atoms with E-state index in [-0.39, 0.29) is 36.9 Å². The number of carbonyl (C=O) groups is 3. The second-order valence-corrected chi connectivity index (χ2v) is 8.02. The number of methoxy groups -OCH3 is 1. The van der Waals surface area contributed by atoms with Gasteiger partial charge in [-0.3, -0.25) is 14.4 Å². The number of aryl methyl sites for hydroxylation is 1. The molecule has 1 aromatic carbocycles. The zero-order valence-corrected chi connectivity index (χ0v) is 20.0. The molecule has 0 bridgehead atoms. The van der Waals surface area contributed by atoms with Crippen molar-refractivity contribution in [2.75, 3.05) is 19.5 Å². The van der Waals surface area contributed by atoms with Gasteiger partial charge >= 0.3 is 5.97 Å². The van der Waals surface area contributed by atoms with Gasteiger partial charge in [-0.15, -0.1) is 0 Å². The highest BCUT2D eigenvalue weighted by Crippen LogP contribution is 2.32. The van der Waals surface area contributed by atoms with Gasteiger partial charge in [-0.25, -0.2) is 9.97 Å². The number of amides is 1. The molecule has 0 saturated carbocycles. The molecule has 0 aliphatic heterocycles. The summed E-state index contributed by atoms with van der Waals surface area (Å²) < 4.78 is 10.2. The van der Waals surface area contributed by atoms with E-state index in [1.807, 2.05) is 0 Å². The Bertz CT molecular complexity index is 1050. The van der Waals surface area contributed by atoms with Crippen LogP contribution in [0.5, 0.6) is 5.75 Å². The molecule has 10 heteroatoms. The number of thioether (sulfide) groups is 1. The summed E-state index contributed by atoms with van der Waals surface area (Å²) >= 11 is 0.893. The molecular weight excluding hydrogens is 444 g/mol. The average Bonchev–Trinajstić information content (AvgIpc) is 2.80. The van der Waals surface area contributed by atoms with Crippen molar-refractivity contribution in [1.29, 1.82) is 0 Å². The Balaban J connectivity index is 2.22. The van der Waals surface area contributed by atoms with Crippen molar-refractivity contribution in [3.63, 3.8) is 0 Å². The number of aromatic nitrogens is 2. The number of carbonyl (C=O) groups excluding carboxylic acids is 3. The normalized spacial score (nSPS) is 11.4. The molecular formula is C23H28N4O5S. The Morgan fingerprint density at radius 2 is 1.91 bits per heavy atom. The SMILES string of the molecule is CCOC(=O)CC/C(SC(=O)c1ccccc1OC)=C(\C)C(=O)NCc1cnc(C)nc1N. The molecule has 1 heterocycles. The Morgan fingerprint density at radius 3 is 2.58 bits per heavy atom. The van der Waals surface area contributed by atoms with Crippen LogP contribution in [-0.2, 0) is 20.9 Å². The smallest absolute Gasteiger partial charge is 0.306 e. The monoisotopic (exact) mass is 472 g/mol. The number of anilines is 1. The molecule has 0 saturated heterocycles. The average molecular weight is 473 g/mol. The third-order valence-corrected chi connectivity index (χ3v) is 5.78. The predicted molar refractivity (Wildman–Crippen MR) is 127 cm³/mol. The van der Waals surface area contributed by atoms with Crippen LogP contribution < -0.4 is 15.8 Å². The van der Waals surface area contributed by atoms with E-state index in [1.54, 1.807) is 51.2 Å². The first-order chi connectivity index (χ1) is 15.8. The topological polar surface area (TPSA) is 134 Å². The second kappa shape index (κ2) is 12.6. The summed E-state index contributed by atoms with van der Waals surface area (Å²) in [6.45, 7) is 5.42. The number of nitrogens with one attached hydrogen (secondary N) is 1. The highest BCUT2D eigenvalue weighted by Gasteiger charge is 2.20. The van der Waals surface area contributed by atoms with E-state index < -0.39 is 11.9 Å². The lowest BCUT2D eigenvalue weighted by atomic mass is 10.2. The van der Waals surface area contributed by atoms with E-state index in [0.29, 0.717) is 33.2 Å². The van der Waals surface area contributed by atoms with Crippen LogP contribution >= 0.6 is 11.8 Å². The number of rotatable bonds is 10. The van der Waals surface area contributed by atoms with Crippen molar-refractivity contribution >= 4 is 34.6 Å². The summed E-state index contributed by atoms with van der Waals surface area (Å²) in [6.07, 6.45) is 1.77. The van der Waals surface area contributed by atoms with Gasteiger partial charge < -0.3 is 20.5 Å². The molecule has 33 heavy (non-hydrogen) atoms. The first kappa shape index (κ1) is 25.9. The van der Waals surface area contributed by atoms with Crippen LogP contribution in [0, 0.1) is 6.92 Å². The minimum absolute atomic E-state index is 0.0404. The Kier molecular flexibility index (Phi) is 9.86. The van der Waals surface area contributed by atoms with Gasteiger partial charge in [0.1, 0.15) is 17.4 Å². The van der Waals surface area contributed by atoms with Crippen LogP contribution in [0.3, 0.4) is 0 Å². The first-order valence-corrected chi connectivity index (χ1v) is 11.1. The molecule has 2 rings (SSSR count). The van der Waals surface area contributed by atoms with Crippen molar-refractivity contribution in [2.45, 2.75) is 40.2 Å². The molecule has 0 spiro atoms. The minimum Gasteiger partial charge on any atom is -0.496 e. The number of nitrogen functional groups attached to an aromatic ring is 1. The fourth-order valence-electron chi connectivity index (χ4n) is 2.83. The molecule has 0 unspecified atom stereocenters. The fraction of sp³-hybridized carbons (Fsp3) is 0.348. The predicted octanol–water partition coefficient (Wildman–Crippen LogP) is 3.18. The first-order valence-electron chi connectivity index (χ1n) is 10.3. The number of esters is 1. The number of hydrogen-bond acceptors (Lipinski definition) is 9. The summed E-state index contributed by atoms with van der Waals surface area (Å²) in [5.74, 6) is 0.447. The maximum Gasteiger partial charge on any atom is 0.306 e. The van der Waals surface area contributed by atoms with E-state index in [4.69, 9.17) is 15.2 Å². The van der Waals surface area contributed by atoms with Crippen molar-refractivity contribution in [2.24, 2.45) is 0 Å². The zero-order chi connectivity index (χ0) is 24.4. The van der Waals surface area contributed by atoms with Gasteiger partial charge in [0, 0.05) is 28.8 Å². The lowest BCUT2D eigenvalue weighted by Crippen LogP contribution is -2.25. The molecule has 1 aromatic heterocycles. The van der Waals surface area contributed by atoms with Crippen molar-refractivity contribution in [3.05, 3.63) is 57.9 Å². The van der Waals surface area contributed by atoms with Gasteiger partial charge in [-0.05, 0) is 39.3 Å². The molecule has 9 nitrogen and oxygen atoms in total. The maximum atomic E-state index is 13.0. The molecule has 0 atom stereocenters. The number of benzene rings is 1. The second-order valence-electron chi connectivity index (χ2n) is 6.95. The van der Waals surface area contributed by atoms with E-state index in [9.17, 15) is 14.4 Å². The van der Waals surface area contributed by atoms with E-state index in [1.165, 1.54) is 7.11 Å². The van der Waals surface area contributed by atoms with E-state index >= 15 is 0 Å². The van der Waals surface area contributed by atoms with Crippen LogP contribution in [0.15, 0.2) is 40.9 Å². The third-order valence-electron chi connectivity index (χ3n) is 4.62. The maximum absolute atomic E-state index is 13.0. The van der Waals surface area contributed by atoms with Crippen LogP contribution in [-0.4, -0.2) is 40.7 Å². The summed E-state index contributed by atoms with van der Waals surface area (Å²) in [7, 11) is 1.48. The highest BCUT2D eigenvalue weighted by atomic mass is 32.2. The van der Waals surface area contributed by atoms with Crippen molar-refractivity contribution < 1.29 is 23.9 Å². The number of ether oxygens (including phenoxy) is 2. The molecule has 0 radical (unpaired) electrons. The van der Waals surface area contributed by atoms with Gasteiger partial charge in [-0.2, -0.15) is 0 Å².